The second-order valence-corrected chi connectivity index (χ2v) is 9.16. The maximum atomic E-state index is 12.4. The summed E-state index contributed by atoms with van der Waals surface area (Å²) in [7, 11) is 3.84. The van der Waals surface area contributed by atoms with Crippen LogP contribution < -0.4 is 0 Å². The summed E-state index contributed by atoms with van der Waals surface area (Å²) < 4.78 is 5.48. The lowest BCUT2D eigenvalue weighted by Crippen LogP contribution is -2.28. The van der Waals surface area contributed by atoms with Gasteiger partial charge in [0, 0.05) is 45.4 Å². The molecule has 0 bridgehead atoms. The van der Waals surface area contributed by atoms with Gasteiger partial charge in [0.1, 0.15) is 0 Å². The second kappa shape index (κ2) is 11.6. The Hall–Kier alpha value is -3.15. The first-order valence-corrected chi connectivity index (χ1v) is 11.8. The van der Waals surface area contributed by atoms with Gasteiger partial charge in [0.15, 0.2) is 5.70 Å². The minimum Gasteiger partial charge on any atom is -0.402 e. The average molecular weight is 450 g/mol. The van der Waals surface area contributed by atoms with Crippen LogP contribution in [0.3, 0.4) is 0 Å². The van der Waals surface area contributed by atoms with Crippen LogP contribution in [0.2, 0.25) is 0 Å². The van der Waals surface area contributed by atoms with E-state index in [-0.39, 0.29) is 5.91 Å². The normalized spacial score (nSPS) is 14.6. The van der Waals surface area contributed by atoms with E-state index in [0.717, 1.165) is 55.1 Å². The zero-order chi connectivity index (χ0) is 23.8. The number of carbonyl (C=O) groups is 2. The maximum absolute atomic E-state index is 12.4. The number of aliphatic imine (C=N–C) groups is 1. The van der Waals surface area contributed by atoms with Gasteiger partial charge in [-0.2, -0.15) is 0 Å². The zero-order valence-electron chi connectivity index (χ0n) is 20.2. The Kier molecular flexibility index (Phi) is 8.64. The Labute approximate surface area is 196 Å². The predicted octanol–water partition coefficient (Wildman–Crippen LogP) is 4.98. The van der Waals surface area contributed by atoms with Crippen molar-refractivity contribution >= 4 is 28.5 Å². The van der Waals surface area contributed by atoms with Gasteiger partial charge in [-0.1, -0.05) is 63.1 Å². The SMILES string of the molecule is CC(C)CC(=O)N(C)CCCCCCN(C)/C=C1/N=C(c2cccc3ccccc23)OC1=O. The minimum absolute atomic E-state index is 0.225. The molecule has 1 aliphatic rings. The Balaban J connectivity index is 1.46. The molecular formula is C27H35N3O3. The number of ether oxygens (including phenoxy) is 1. The van der Waals surface area contributed by atoms with E-state index in [4.69, 9.17) is 4.74 Å². The van der Waals surface area contributed by atoms with Crippen molar-refractivity contribution in [3.05, 3.63) is 59.9 Å². The van der Waals surface area contributed by atoms with E-state index >= 15 is 0 Å². The molecule has 1 amide bonds. The fourth-order valence-corrected chi connectivity index (χ4v) is 3.89. The topological polar surface area (TPSA) is 62.2 Å². The van der Waals surface area contributed by atoms with Crippen LogP contribution in [-0.2, 0) is 14.3 Å². The van der Waals surface area contributed by atoms with Crippen LogP contribution in [0.4, 0.5) is 0 Å². The van der Waals surface area contributed by atoms with Gasteiger partial charge < -0.3 is 14.5 Å². The quantitative estimate of drug-likeness (QED) is 0.276. The van der Waals surface area contributed by atoms with E-state index < -0.39 is 5.97 Å². The van der Waals surface area contributed by atoms with E-state index in [1.165, 1.54) is 0 Å². The molecule has 0 saturated carbocycles. The van der Waals surface area contributed by atoms with Gasteiger partial charge >= 0.3 is 5.97 Å². The number of amides is 1. The van der Waals surface area contributed by atoms with Crippen molar-refractivity contribution in [2.45, 2.75) is 46.0 Å². The lowest BCUT2D eigenvalue weighted by atomic mass is 10.0. The third kappa shape index (κ3) is 6.91. The van der Waals surface area contributed by atoms with Crippen LogP contribution in [0.5, 0.6) is 0 Å². The summed E-state index contributed by atoms with van der Waals surface area (Å²) in [6, 6.07) is 13.9. The van der Waals surface area contributed by atoms with Gasteiger partial charge in [-0.3, -0.25) is 4.79 Å². The number of hydrogen-bond acceptors (Lipinski definition) is 5. The Morgan fingerprint density at radius 3 is 2.45 bits per heavy atom. The van der Waals surface area contributed by atoms with E-state index in [1.54, 1.807) is 6.20 Å². The molecule has 0 saturated heterocycles. The fraction of sp³-hybridized carbons (Fsp3) is 0.444. The first-order valence-electron chi connectivity index (χ1n) is 11.8. The van der Waals surface area contributed by atoms with Crippen molar-refractivity contribution in [1.29, 1.82) is 0 Å². The molecule has 0 aromatic heterocycles. The first kappa shape index (κ1) is 24.5. The molecule has 0 fully saturated rings. The number of esters is 1. The number of fused-ring (bicyclic) bond motifs is 1. The number of rotatable bonds is 11. The second-order valence-electron chi connectivity index (χ2n) is 9.16. The minimum atomic E-state index is -0.418. The molecule has 3 rings (SSSR count). The van der Waals surface area contributed by atoms with Crippen molar-refractivity contribution in [2.24, 2.45) is 10.9 Å². The molecule has 0 atom stereocenters. The van der Waals surface area contributed by atoms with Gasteiger partial charge in [-0.05, 0) is 35.6 Å². The Morgan fingerprint density at radius 2 is 1.70 bits per heavy atom. The molecule has 2 aromatic carbocycles. The summed E-state index contributed by atoms with van der Waals surface area (Å²) in [4.78, 5) is 32.7. The predicted molar refractivity (Wildman–Crippen MR) is 133 cm³/mol. The van der Waals surface area contributed by atoms with Crippen LogP contribution in [0, 0.1) is 5.92 Å². The molecule has 0 spiro atoms. The molecule has 33 heavy (non-hydrogen) atoms. The lowest BCUT2D eigenvalue weighted by Gasteiger charge is -2.18. The molecule has 6 heteroatoms. The summed E-state index contributed by atoms with van der Waals surface area (Å²) in [5.41, 5.74) is 1.15. The number of carbonyl (C=O) groups excluding carboxylic acids is 2. The van der Waals surface area contributed by atoms with Crippen molar-refractivity contribution < 1.29 is 14.3 Å². The van der Waals surface area contributed by atoms with Crippen molar-refractivity contribution in [3.8, 4) is 0 Å². The Bertz CT molecular complexity index is 1040. The number of nitrogens with zero attached hydrogens (tertiary/aromatic N) is 3. The monoisotopic (exact) mass is 449 g/mol. The number of unbranched alkanes of at least 4 members (excludes halogenated alkanes) is 3. The van der Waals surface area contributed by atoms with Gasteiger partial charge in [0.2, 0.25) is 11.8 Å². The summed E-state index contributed by atoms with van der Waals surface area (Å²) >= 11 is 0. The van der Waals surface area contributed by atoms with Crippen LogP contribution in [0.25, 0.3) is 10.8 Å². The van der Waals surface area contributed by atoms with E-state index in [2.05, 4.69) is 18.8 Å². The van der Waals surface area contributed by atoms with Gasteiger partial charge in [0.05, 0.1) is 0 Å². The van der Waals surface area contributed by atoms with E-state index in [0.29, 0.717) is 23.9 Å². The highest BCUT2D eigenvalue weighted by atomic mass is 16.6. The molecular weight excluding hydrogens is 414 g/mol. The molecule has 1 heterocycles. The summed E-state index contributed by atoms with van der Waals surface area (Å²) in [5, 5.41) is 2.09. The van der Waals surface area contributed by atoms with Crippen molar-refractivity contribution in [3.63, 3.8) is 0 Å². The number of hydrogen-bond donors (Lipinski definition) is 0. The van der Waals surface area contributed by atoms with Crippen molar-refractivity contribution in [1.82, 2.24) is 9.80 Å². The molecule has 1 aliphatic heterocycles. The van der Waals surface area contributed by atoms with Crippen LogP contribution in [0.1, 0.15) is 51.5 Å². The summed E-state index contributed by atoms with van der Waals surface area (Å²) in [5.74, 6) is 0.559. The van der Waals surface area contributed by atoms with Crippen LogP contribution in [-0.4, -0.2) is 54.8 Å². The highest BCUT2D eigenvalue weighted by Crippen LogP contribution is 2.24. The third-order valence-corrected chi connectivity index (χ3v) is 5.75. The van der Waals surface area contributed by atoms with Gasteiger partial charge in [0.25, 0.3) is 0 Å². The first-order chi connectivity index (χ1) is 15.8. The summed E-state index contributed by atoms with van der Waals surface area (Å²) in [6.45, 7) is 5.78. The molecule has 2 aromatic rings. The van der Waals surface area contributed by atoms with Crippen molar-refractivity contribution in [2.75, 3.05) is 27.2 Å². The highest BCUT2D eigenvalue weighted by molar-refractivity contribution is 6.16. The molecule has 176 valence electrons. The smallest absolute Gasteiger partial charge is 0.365 e. The molecule has 0 unspecified atom stereocenters. The standard InChI is InChI=1S/C27H35N3O3/c1-20(2)18-25(31)30(4)17-10-6-5-9-16-29(3)19-24-27(32)33-26(28-24)23-15-11-13-21-12-7-8-14-22(21)23/h7-8,11-15,19-20H,5-6,9-10,16-18H2,1-4H3/b24-19+. The number of cyclic esters (lactones) is 1. The number of benzene rings is 2. The lowest BCUT2D eigenvalue weighted by molar-refractivity contribution is -0.131. The average Bonchev–Trinajstić information content (AvgIpc) is 3.14. The molecule has 0 radical (unpaired) electrons. The van der Waals surface area contributed by atoms with E-state index in [9.17, 15) is 9.59 Å². The molecule has 0 aliphatic carbocycles. The maximum Gasteiger partial charge on any atom is 0.365 e. The largest absolute Gasteiger partial charge is 0.402 e. The van der Waals surface area contributed by atoms with E-state index in [1.807, 2.05) is 66.4 Å². The highest BCUT2D eigenvalue weighted by Gasteiger charge is 2.25. The Morgan fingerprint density at radius 1 is 1.00 bits per heavy atom. The van der Waals surface area contributed by atoms with Gasteiger partial charge in [-0.15, -0.1) is 0 Å². The summed E-state index contributed by atoms with van der Waals surface area (Å²) in [6.07, 6.45) is 6.56. The molecule has 6 nitrogen and oxygen atoms in total. The zero-order valence-corrected chi connectivity index (χ0v) is 20.2. The van der Waals surface area contributed by atoms with Crippen LogP contribution in [0.15, 0.2) is 59.4 Å². The molecule has 0 N–H and O–H groups in total. The third-order valence-electron chi connectivity index (χ3n) is 5.75. The fourth-order valence-electron chi connectivity index (χ4n) is 3.89. The van der Waals surface area contributed by atoms with Gasteiger partial charge in [-0.25, -0.2) is 9.79 Å². The van der Waals surface area contributed by atoms with Crippen LogP contribution >= 0.6 is 0 Å².